The normalized spacial score (nSPS) is 14.2. The molecular weight excluding hydrogens is 220 g/mol. The molecule has 1 rings (SSSR count). The third-order valence-electron chi connectivity index (χ3n) is 1.97. The summed E-state index contributed by atoms with van der Waals surface area (Å²) in [5.74, 6) is -2.62. The average molecular weight is 229 g/mol. The van der Waals surface area contributed by atoms with Gasteiger partial charge in [-0.2, -0.15) is 0 Å². The van der Waals surface area contributed by atoms with Gasteiger partial charge in [0.15, 0.2) is 4.87 Å². The summed E-state index contributed by atoms with van der Waals surface area (Å²) in [5, 5.41) is 17.6. The molecule has 1 unspecified atom stereocenters. The van der Waals surface area contributed by atoms with Crippen molar-refractivity contribution >= 4 is 23.5 Å². The van der Waals surface area contributed by atoms with Crippen LogP contribution in [-0.4, -0.2) is 22.2 Å². The van der Waals surface area contributed by atoms with Crippen LogP contribution in [0.15, 0.2) is 30.3 Å². The van der Waals surface area contributed by atoms with E-state index in [2.05, 4.69) is 0 Å². The van der Waals surface area contributed by atoms with Crippen LogP contribution >= 0.6 is 11.6 Å². The maximum atomic E-state index is 11.0. The number of carboxylic acids is 2. The Morgan fingerprint density at radius 3 is 2.13 bits per heavy atom. The highest BCUT2D eigenvalue weighted by atomic mass is 35.5. The van der Waals surface area contributed by atoms with E-state index in [4.69, 9.17) is 21.8 Å². The van der Waals surface area contributed by atoms with E-state index < -0.39 is 23.2 Å². The Labute approximate surface area is 91.1 Å². The van der Waals surface area contributed by atoms with Crippen molar-refractivity contribution in [1.29, 1.82) is 0 Å². The van der Waals surface area contributed by atoms with Gasteiger partial charge in [-0.15, -0.1) is 11.6 Å². The largest absolute Gasteiger partial charge is 0.481 e. The van der Waals surface area contributed by atoms with Gasteiger partial charge in [-0.05, 0) is 5.56 Å². The minimum atomic E-state index is -1.90. The molecule has 5 heteroatoms. The predicted octanol–water partition coefficient (Wildman–Crippen LogP) is 1.68. The molecule has 80 valence electrons. The van der Waals surface area contributed by atoms with Crippen LogP contribution in [0.1, 0.15) is 12.0 Å². The lowest BCUT2D eigenvalue weighted by Crippen LogP contribution is -2.32. The Balaban J connectivity index is 3.13. The number of rotatable bonds is 4. The summed E-state index contributed by atoms with van der Waals surface area (Å²) in [7, 11) is 0. The second kappa shape index (κ2) is 4.31. The van der Waals surface area contributed by atoms with Gasteiger partial charge in [-0.25, -0.2) is 4.79 Å². The van der Waals surface area contributed by atoms with Crippen LogP contribution in [0.2, 0.25) is 0 Å². The lowest BCUT2D eigenvalue weighted by atomic mass is 9.95. The number of alkyl halides is 1. The van der Waals surface area contributed by atoms with Gasteiger partial charge in [0.2, 0.25) is 0 Å². The number of aliphatic carboxylic acids is 2. The van der Waals surface area contributed by atoms with E-state index in [1.807, 2.05) is 0 Å². The third-order valence-corrected chi connectivity index (χ3v) is 2.48. The zero-order valence-electron chi connectivity index (χ0n) is 7.68. The van der Waals surface area contributed by atoms with Crippen molar-refractivity contribution in [1.82, 2.24) is 0 Å². The standard InChI is InChI=1S/C10H9ClO4/c11-10(9(14)15,6-8(12)13)7-4-2-1-3-5-7/h1-5H,6H2,(H,12,13)(H,14,15). The highest BCUT2D eigenvalue weighted by Crippen LogP contribution is 2.33. The molecule has 0 aliphatic rings. The average Bonchev–Trinajstić information content (AvgIpc) is 2.17. The molecule has 0 spiro atoms. The van der Waals surface area contributed by atoms with Gasteiger partial charge in [0.05, 0.1) is 6.42 Å². The molecule has 0 fully saturated rings. The maximum Gasteiger partial charge on any atom is 0.329 e. The number of hydrogen-bond donors (Lipinski definition) is 2. The van der Waals surface area contributed by atoms with Gasteiger partial charge in [0, 0.05) is 0 Å². The van der Waals surface area contributed by atoms with E-state index in [1.165, 1.54) is 12.1 Å². The number of carboxylic acid groups (broad SMARTS) is 2. The Bertz CT molecular complexity index is 376. The summed E-state index contributed by atoms with van der Waals surface area (Å²) < 4.78 is 0. The van der Waals surface area contributed by atoms with Crippen molar-refractivity contribution in [2.24, 2.45) is 0 Å². The molecular formula is C10H9ClO4. The van der Waals surface area contributed by atoms with Crippen LogP contribution in [0, 0.1) is 0 Å². The first kappa shape index (κ1) is 11.5. The second-order valence-electron chi connectivity index (χ2n) is 3.04. The Morgan fingerprint density at radius 2 is 1.73 bits per heavy atom. The molecule has 0 aliphatic carbocycles. The van der Waals surface area contributed by atoms with E-state index in [-0.39, 0.29) is 5.56 Å². The molecule has 0 aromatic heterocycles. The zero-order chi connectivity index (χ0) is 11.5. The van der Waals surface area contributed by atoms with E-state index in [0.717, 1.165) is 0 Å². The van der Waals surface area contributed by atoms with Crippen molar-refractivity contribution in [2.75, 3.05) is 0 Å². The molecule has 0 radical (unpaired) electrons. The smallest absolute Gasteiger partial charge is 0.329 e. The molecule has 15 heavy (non-hydrogen) atoms. The highest BCUT2D eigenvalue weighted by Gasteiger charge is 2.40. The van der Waals surface area contributed by atoms with Crippen LogP contribution in [0.4, 0.5) is 0 Å². The highest BCUT2D eigenvalue weighted by molar-refractivity contribution is 6.34. The first-order valence-electron chi connectivity index (χ1n) is 4.16. The maximum absolute atomic E-state index is 11.0. The van der Waals surface area contributed by atoms with Crippen molar-refractivity contribution in [3.05, 3.63) is 35.9 Å². The molecule has 0 aliphatic heterocycles. The number of carbonyl (C=O) groups is 2. The third kappa shape index (κ3) is 2.47. The quantitative estimate of drug-likeness (QED) is 0.769. The molecule has 4 nitrogen and oxygen atoms in total. The Hall–Kier alpha value is -1.55. The lowest BCUT2D eigenvalue weighted by molar-refractivity contribution is -0.147. The summed E-state index contributed by atoms with van der Waals surface area (Å²) in [5.41, 5.74) is 0.265. The molecule has 0 bridgehead atoms. The van der Waals surface area contributed by atoms with E-state index in [0.29, 0.717) is 0 Å². The number of hydrogen-bond acceptors (Lipinski definition) is 2. The van der Waals surface area contributed by atoms with Gasteiger partial charge < -0.3 is 10.2 Å². The molecule has 0 saturated heterocycles. The monoisotopic (exact) mass is 228 g/mol. The molecule has 1 aromatic rings. The predicted molar refractivity (Wildman–Crippen MR) is 53.9 cm³/mol. The summed E-state index contributed by atoms with van der Waals surface area (Å²) in [6.45, 7) is 0. The summed E-state index contributed by atoms with van der Waals surface area (Å²) in [6.07, 6.45) is -0.659. The molecule has 1 atom stereocenters. The van der Waals surface area contributed by atoms with Crippen molar-refractivity contribution in [3.8, 4) is 0 Å². The van der Waals surface area contributed by atoms with Gasteiger partial charge in [0.1, 0.15) is 0 Å². The topological polar surface area (TPSA) is 74.6 Å². The zero-order valence-corrected chi connectivity index (χ0v) is 8.44. The van der Waals surface area contributed by atoms with Gasteiger partial charge in [-0.1, -0.05) is 30.3 Å². The first-order valence-corrected chi connectivity index (χ1v) is 4.54. The molecule has 0 heterocycles. The van der Waals surface area contributed by atoms with Crippen LogP contribution in [-0.2, 0) is 14.5 Å². The fourth-order valence-corrected chi connectivity index (χ4v) is 1.45. The first-order chi connectivity index (χ1) is 6.97. The van der Waals surface area contributed by atoms with Crippen LogP contribution in [0.3, 0.4) is 0 Å². The van der Waals surface area contributed by atoms with Crippen molar-refractivity contribution in [3.63, 3.8) is 0 Å². The van der Waals surface area contributed by atoms with Gasteiger partial charge in [-0.3, -0.25) is 4.79 Å². The van der Waals surface area contributed by atoms with Crippen LogP contribution < -0.4 is 0 Å². The molecule has 0 amide bonds. The second-order valence-corrected chi connectivity index (χ2v) is 3.69. The number of halogens is 1. The number of benzene rings is 1. The summed E-state index contributed by atoms with van der Waals surface area (Å²) in [6, 6.07) is 7.89. The van der Waals surface area contributed by atoms with E-state index in [9.17, 15) is 9.59 Å². The fraction of sp³-hybridized carbons (Fsp3) is 0.200. The SMILES string of the molecule is O=C(O)CC(Cl)(C(=O)O)c1ccccc1. The van der Waals surface area contributed by atoms with Crippen molar-refractivity contribution < 1.29 is 19.8 Å². The lowest BCUT2D eigenvalue weighted by Gasteiger charge is -2.20. The Kier molecular flexibility index (Phi) is 3.31. The summed E-state index contributed by atoms with van der Waals surface area (Å²) in [4.78, 5) is 19.6. The van der Waals surface area contributed by atoms with Crippen molar-refractivity contribution in [2.45, 2.75) is 11.3 Å². The fourth-order valence-electron chi connectivity index (χ4n) is 1.21. The van der Waals surface area contributed by atoms with E-state index in [1.54, 1.807) is 18.2 Å². The minimum absolute atomic E-state index is 0.265. The van der Waals surface area contributed by atoms with Crippen LogP contribution in [0.25, 0.3) is 0 Å². The molecule has 0 saturated carbocycles. The minimum Gasteiger partial charge on any atom is -0.481 e. The van der Waals surface area contributed by atoms with Crippen LogP contribution in [0.5, 0.6) is 0 Å². The molecule has 2 N–H and O–H groups in total. The van der Waals surface area contributed by atoms with E-state index >= 15 is 0 Å². The van der Waals surface area contributed by atoms with Gasteiger partial charge >= 0.3 is 11.9 Å². The Morgan fingerprint density at radius 1 is 1.20 bits per heavy atom. The molecule has 1 aromatic carbocycles. The van der Waals surface area contributed by atoms with Gasteiger partial charge in [0.25, 0.3) is 0 Å². The summed E-state index contributed by atoms with van der Waals surface area (Å²) >= 11 is 5.81.